The highest BCUT2D eigenvalue weighted by Gasteiger charge is 2.33. The lowest BCUT2D eigenvalue weighted by Crippen LogP contribution is -2.32. The van der Waals surface area contributed by atoms with Gasteiger partial charge in [-0.3, -0.25) is 9.69 Å². The van der Waals surface area contributed by atoms with Crippen LogP contribution in [0.2, 0.25) is 0 Å². The van der Waals surface area contributed by atoms with Crippen LogP contribution in [-0.4, -0.2) is 42.0 Å². The van der Waals surface area contributed by atoms with Crippen molar-refractivity contribution < 1.29 is 4.79 Å². The van der Waals surface area contributed by atoms with Crippen molar-refractivity contribution in [3.63, 3.8) is 0 Å². The Labute approximate surface area is 153 Å². The van der Waals surface area contributed by atoms with Crippen LogP contribution in [0.3, 0.4) is 0 Å². The maximum atomic E-state index is 12.4. The van der Waals surface area contributed by atoms with E-state index in [0.717, 1.165) is 25.2 Å². The molecule has 2 aromatic rings. The van der Waals surface area contributed by atoms with E-state index in [-0.39, 0.29) is 5.91 Å². The Hall–Kier alpha value is -1.76. The van der Waals surface area contributed by atoms with Crippen molar-refractivity contribution in [1.82, 2.24) is 9.88 Å². The predicted molar refractivity (Wildman–Crippen MR) is 103 cm³/mol. The van der Waals surface area contributed by atoms with E-state index in [1.807, 2.05) is 13.0 Å². The molecule has 0 unspecified atom stereocenters. The van der Waals surface area contributed by atoms with E-state index in [4.69, 9.17) is 5.73 Å². The molecule has 1 aliphatic rings. The topological polar surface area (TPSA) is 71.2 Å². The lowest BCUT2D eigenvalue weighted by atomic mass is 9.89. The van der Waals surface area contributed by atoms with Crippen LogP contribution in [0, 0.1) is 12.8 Å². The number of anilines is 1. The number of nitrogens with two attached hydrogens (primary N) is 1. The molecule has 0 saturated carbocycles. The predicted octanol–water partition coefficient (Wildman–Crippen LogP) is 2.63. The molecule has 0 radical (unpaired) electrons. The Kier molecular flexibility index (Phi) is 5.83. The molecule has 2 atom stereocenters. The molecule has 1 fully saturated rings. The first-order chi connectivity index (χ1) is 12.1. The molecule has 1 aromatic heterocycles. The molecule has 1 aromatic carbocycles. The fraction of sp³-hybridized carbons (Fsp3) is 0.474. The van der Waals surface area contributed by atoms with Crippen molar-refractivity contribution >= 4 is 22.4 Å². The van der Waals surface area contributed by atoms with Crippen LogP contribution >= 0.6 is 11.3 Å². The van der Waals surface area contributed by atoms with Crippen molar-refractivity contribution in [2.75, 3.05) is 31.5 Å². The fourth-order valence-corrected chi connectivity index (χ4v) is 4.50. The van der Waals surface area contributed by atoms with Gasteiger partial charge in [-0.2, -0.15) is 0 Å². The van der Waals surface area contributed by atoms with Gasteiger partial charge in [-0.05, 0) is 31.4 Å². The van der Waals surface area contributed by atoms with Crippen LogP contribution in [0.25, 0.3) is 0 Å². The van der Waals surface area contributed by atoms with E-state index in [2.05, 4.69) is 46.4 Å². The fourth-order valence-electron chi connectivity index (χ4n) is 3.58. The molecule has 25 heavy (non-hydrogen) atoms. The molecule has 5 nitrogen and oxygen atoms in total. The quantitative estimate of drug-likeness (QED) is 0.833. The van der Waals surface area contributed by atoms with Crippen molar-refractivity contribution in [1.29, 1.82) is 0 Å². The minimum Gasteiger partial charge on any atom is -0.330 e. The number of likely N-dealkylation sites (tertiary alicyclic amines) is 1. The molecule has 3 rings (SSSR count). The average molecular weight is 359 g/mol. The number of amides is 1. The Bertz CT molecular complexity index is 715. The minimum absolute atomic E-state index is 0.000821. The summed E-state index contributed by atoms with van der Waals surface area (Å²) in [5.41, 5.74) is 8.35. The van der Waals surface area contributed by atoms with Crippen LogP contribution in [0.1, 0.15) is 29.0 Å². The SMILES string of the molecule is CCc1nc(NC(=O)CN2C[C@@H](CN)[C@H](c3ccccc3)C2)sc1C. The summed E-state index contributed by atoms with van der Waals surface area (Å²) in [5.74, 6) is 0.790. The summed E-state index contributed by atoms with van der Waals surface area (Å²) in [6, 6.07) is 10.5. The average Bonchev–Trinajstić information content (AvgIpc) is 3.18. The first kappa shape index (κ1) is 18.0. The molecule has 0 bridgehead atoms. The van der Waals surface area contributed by atoms with E-state index in [0.29, 0.717) is 30.1 Å². The standard InChI is InChI=1S/C19H26N4OS/c1-3-17-13(2)25-19(21-17)22-18(24)12-23-10-15(9-20)16(11-23)14-7-5-4-6-8-14/h4-8,15-16H,3,9-12,20H2,1-2H3,(H,21,22,24)/t15-,16+/m1/s1. The first-order valence-corrected chi connectivity index (χ1v) is 9.65. The van der Waals surface area contributed by atoms with Gasteiger partial charge in [-0.15, -0.1) is 11.3 Å². The van der Waals surface area contributed by atoms with Gasteiger partial charge in [0.2, 0.25) is 5.91 Å². The molecule has 6 heteroatoms. The number of thiazole rings is 1. The number of rotatable bonds is 6. The van der Waals surface area contributed by atoms with Crippen molar-refractivity contribution in [3.8, 4) is 0 Å². The van der Waals surface area contributed by atoms with E-state index in [9.17, 15) is 4.79 Å². The molecule has 2 heterocycles. The van der Waals surface area contributed by atoms with Crippen LogP contribution in [0.4, 0.5) is 5.13 Å². The zero-order valence-corrected chi connectivity index (χ0v) is 15.7. The van der Waals surface area contributed by atoms with Crippen molar-refractivity contribution in [2.24, 2.45) is 11.7 Å². The smallest absolute Gasteiger partial charge is 0.240 e. The number of carbonyl (C=O) groups is 1. The number of nitrogens with zero attached hydrogens (tertiary/aromatic N) is 2. The normalized spacial score (nSPS) is 20.8. The number of benzene rings is 1. The lowest BCUT2D eigenvalue weighted by molar-refractivity contribution is -0.117. The van der Waals surface area contributed by atoms with Gasteiger partial charge in [0.05, 0.1) is 12.2 Å². The molecule has 1 aliphatic heterocycles. The van der Waals surface area contributed by atoms with Gasteiger partial charge in [0, 0.05) is 23.9 Å². The highest BCUT2D eigenvalue weighted by atomic mass is 32.1. The van der Waals surface area contributed by atoms with Gasteiger partial charge >= 0.3 is 0 Å². The largest absolute Gasteiger partial charge is 0.330 e. The Morgan fingerprint density at radius 1 is 1.36 bits per heavy atom. The maximum Gasteiger partial charge on any atom is 0.240 e. The van der Waals surface area contributed by atoms with E-state index < -0.39 is 0 Å². The zero-order valence-electron chi connectivity index (χ0n) is 14.9. The highest BCUT2D eigenvalue weighted by Crippen LogP contribution is 2.32. The third-order valence-corrected chi connectivity index (χ3v) is 5.82. The van der Waals surface area contributed by atoms with Crippen LogP contribution < -0.4 is 11.1 Å². The van der Waals surface area contributed by atoms with Gasteiger partial charge < -0.3 is 11.1 Å². The summed E-state index contributed by atoms with van der Waals surface area (Å²) < 4.78 is 0. The molecule has 134 valence electrons. The summed E-state index contributed by atoms with van der Waals surface area (Å²) in [5, 5.41) is 3.65. The summed E-state index contributed by atoms with van der Waals surface area (Å²) in [4.78, 5) is 20.3. The molecule has 0 aliphatic carbocycles. The van der Waals surface area contributed by atoms with E-state index >= 15 is 0 Å². The van der Waals surface area contributed by atoms with E-state index in [1.54, 1.807) is 11.3 Å². The number of hydrogen-bond donors (Lipinski definition) is 2. The molecule has 1 amide bonds. The third kappa shape index (κ3) is 4.26. The van der Waals surface area contributed by atoms with E-state index in [1.165, 1.54) is 10.4 Å². The van der Waals surface area contributed by atoms with Crippen molar-refractivity contribution in [2.45, 2.75) is 26.2 Å². The Morgan fingerprint density at radius 2 is 2.12 bits per heavy atom. The van der Waals surface area contributed by atoms with Gasteiger partial charge in [0.1, 0.15) is 0 Å². The zero-order chi connectivity index (χ0) is 17.8. The van der Waals surface area contributed by atoms with Gasteiger partial charge in [-0.25, -0.2) is 4.98 Å². The Morgan fingerprint density at radius 3 is 2.76 bits per heavy atom. The molecule has 1 saturated heterocycles. The second kappa shape index (κ2) is 8.08. The highest BCUT2D eigenvalue weighted by molar-refractivity contribution is 7.15. The second-order valence-corrected chi connectivity index (χ2v) is 7.83. The van der Waals surface area contributed by atoms with Crippen LogP contribution in [-0.2, 0) is 11.2 Å². The number of aryl methyl sites for hydroxylation is 2. The second-order valence-electron chi connectivity index (χ2n) is 6.63. The third-order valence-electron chi connectivity index (χ3n) is 4.89. The molecular formula is C19H26N4OS. The van der Waals surface area contributed by atoms with Crippen LogP contribution in [0.15, 0.2) is 30.3 Å². The van der Waals surface area contributed by atoms with Gasteiger partial charge in [0.15, 0.2) is 5.13 Å². The summed E-state index contributed by atoms with van der Waals surface area (Å²) in [6.07, 6.45) is 0.890. The van der Waals surface area contributed by atoms with Gasteiger partial charge in [0.25, 0.3) is 0 Å². The lowest BCUT2D eigenvalue weighted by Gasteiger charge is -2.16. The monoisotopic (exact) mass is 358 g/mol. The Balaban J connectivity index is 1.60. The summed E-state index contributed by atoms with van der Waals surface area (Å²) in [6.45, 7) is 6.89. The van der Waals surface area contributed by atoms with Crippen LogP contribution in [0.5, 0.6) is 0 Å². The minimum atomic E-state index is 0.000821. The molecule has 0 spiro atoms. The van der Waals surface area contributed by atoms with Crippen molar-refractivity contribution in [3.05, 3.63) is 46.5 Å². The van der Waals surface area contributed by atoms with Gasteiger partial charge in [-0.1, -0.05) is 37.3 Å². The summed E-state index contributed by atoms with van der Waals surface area (Å²) in [7, 11) is 0. The maximum absolute atomic E-state index is 12.4. The number of hydrogen-bond acceptors (Lipinski definition) is 5. The summed E-state index contributed by atoms with van der Waals surface area (Å²) >= 11 is 1.55. The number of carbonyl (C=O) groups excluding carboxylic acids is 1. The number of nitrogens with one attached hydrogen (secondary N) is 1. The number of aromatic nitrogens is 1. The molecular weight excluding hydrogens is 332 g/mol. The first-order valence-electron chi connectivity index (χ1n) is 8.84. The molecule has 3 N–H and O–H groups in total.